The summed E-state index contributed by atoms with van der Waals surface area (Å²) in [6.07, 6.45) is 2.21. The normalized spacial score (nSPS) is 12.6. The molecule has 17 heavy (non-hydrogen) atoms. The molecule has 0 aliphatic carbocycles. The summed E-state index contributed by atoms with van der Waals surface area (Å²) in [5.74, 6) is 0.644. The van der Waals surface area contributed by atoms with Gasteiger partial charge in [0.1, 0.15) is 0 Å². The monoisotopic (exact) mass is 245 g/mol. The molecular weight excluding hydrogens is 226 g/mol. The van der Waals surface area contributed by atoms with Gasteiger partial charge in [0.15, 0.2) is 0 Å². The standard InChI is InChI=1S/C15H19NS/c1-4-11(3)12-6-8-13(9-7-12)14-10-17-15(5-2)16-14/h6-11H,4-5H2,1-3H3. The third-order valence-corrected chi connectivity index (χ3v) is 4.24. The molecule has 0 saturated carbocycles. The average Bonchev–Trinajstić information content (AvgIpc) is 2.87. The van der Waals surface area contributed by atoms with Crippen molar-refractivity contribution in [2.75, 3.05) is 0 Å². The van der Waals surface area contributed by atoms with Gasteiger partial charge in [-0.05, 0) is 24.3 Å². The Hall–Kier alpha value is -1.15. The minimum atomic E-state index is 0.644. The molecule has 0 spiro atoms. The number of benzene rings is 1. The molecule has 0 N–H and O–H groups in total. The van der Waals surface area contributed by atoms with Crippen molar-refractivity contribution in [2.24, 2.45) is 0 Å². The van der Waals surface area contributed by atoms with Crippen LogP contribution >= 0.6 is 11.3 Å². The fourth-order valence-electron chi connectivity index (χ4n) is 1.82. The van der Waals surface area contributed by atoms with Crippen molar-refractivity contribution in [2.45, 2.75) is 39.5 Å². The van der Waals surface area contributed by atoms with Crippen LogP contribution in [-0.2, 0) is 6.42 Å². The Balaban J connectivity index is 2.22. The van der Waals surface area contributed by atoms with Gasteiger partial charge in [-0.1, -0.05) is 45.0 Å². The van der Waals surface area contributed by atoms with Gasteiger partial charge in [0, 0.05) is 10.9 Å². The molecule has 1 nitrogen and oxygen atoms in total. The lowest BCUT2D eigenvalue weighted by atomic mass is 9.97. The lowest BCUT2D eigenvalue weighted by Gasteiger charge is -2.08. The molecule has 0 amide bonds. The quantitative estimate of drug-likeness (QED) is 0.747. The minimum absolute atomic E-state index is 0.644. The Bertz CT molecular complexity index is 470. The van der Waals surface area contributed by atoms with E-state index in [1.165, 1.54) is 22.6 Å². The zero-order valence-corrected chi connectivity index (χ0v) is 11.6. The molecule has 1 aromatic heterocycles. The topological polar surface area (TPSA) is 12.9 Å². The second kappa shape index (κ2) is 5.46. The molecule has 2 aromatic rings. The van der Waals surface area contributed by atoms with Crippen molar-refractivity contribution in [1.82, 2.24) is 4.98 Å². The van der Waals surface area contributed by atoms with E-state index < -0.39 is 0 Å². The molecule has 0 fully saturated rings. The number of thiazole rings is 1. The summed E-state index contributed by atoms with van der Waals surface area (Å²) < 4.78 is 0. The number of aromatic nitrogens is 1. The van der Waals surface area contributed by atoms with E-state index in [0.717, 1.165) is 12.1 Å². The fraction of sp³-hybridized carbons (Fsp3) is 0.400. The maximum atomic E-state index is 4.61. The molecule has 0 saturated heterocycles. The van der Waals surface area contributed by atoms with E-state index in [9.17, 15) is 0 Å². The number of hydrogen-bond acceptors (Lipinski definition) is 2. The van der Waals surface area contributed by atoms with Crippen LogP contribution in [0.25, 0.3) is 11.3 Å². The van der Waals surface area contributed by atoms with Crippen molar-refractivity contribution in [3.05, 3.63) is 40.2 Å². The molecule has 1 atom stereocenters. The lowest BCUT2D eigenvalue weighted by molar-refractivity contribution is 0.734. The molecule has 90 valence electrons. The molecule has 1 heterocycles. The summed E-state index contributed by atoms with van der Waals surface area (Å²) in [6.45, 7) is 6.65. The molecule has 1 aromatic carbocycles. The van der Waals surface area contributed by atoms with Crippen LogP contribution in [0.5, 0.6) is 0 Å². The maximum absolute atomic E-state index is 4.61. The van der Waals surface area contributed by atoms with Gasteiger partial charge in [0.2, 0.25) is 0 Å². The average molecular weight is 245 g/mol. The number of hydrogen-bond donors (Lipinski definition) is 0. The first-order chi connectivity index (χ1) is 8.24. The van der Waals surface area contributed by atoms with Gasteiger partial charge in [0.05, 0.1) is 10.7 Å². The van der Waals surface area contributed by atoms with Crippen LogP contribution in [0.15, 0.2) is 29.6 Å². The Morgan fingerprint density at radius 1 is 1.18 bits per heavy atom. The number of rotatable bonds is 4. The van der Waals surface area contributed by atoms with Crippen LogP contribution in [0.4, 0.5) is 0 Å². The summed E-state index contributed by atoms with van der Waals surface area (Å²) >= 11 is 1.75. The lowest BCUT2D eigenvalue weighted by Crippen LogP contribution is -1.90. The molecular formula is C15H19NS. The highest BCUT2D eigenvalue weighted by molar-refractivity contribution is 7.09. The molecule has 1 unspecified atom stereocenters. The molecule has 0 aliphatic rings. The second-order valence-corrected chi connectivity index (χ2v) is 5.35. The van der Waals surface area contributed by atoms with Gasteiger partial charge >= 0.3 is 0 Å². The fourth-order valence-corrected chi connectivity index (χ4v) is 2.58. The van der Waals surface area contributed by atoms with Crippen molar-refractivity contribution < 1.29 is 0 Å². The Labute approximate surface area is 108 Å². The Morgan fingerprint density at radius 3 is 2.41 bits per heavy atom. The summed E-state index contributed by atoms with van der Waals surface area (Å²) in [7, 11) is 0. The van der Waals surface area contributed by atoms with Gasteiger partial charge in [-0.25, -0.2) is 4.98 Å². The summed E-state index contributed by atoms with van der Waals surface area (Å²) in [5, 5.41) is 3.36. The Morgan fingerprint density at radius 2 is 1.88 bits per heavy atom. The first kappa shape index (κ1) is 12.3. The van der Waals surface area contributed by atoms with Crippen molar-refractivity contribution in [3.63, 3.8) is 0 Å². The van der Waals surface area contributed by atoms with Crippen molar-refractivity contribution in [1.29, 1.82) is 0 Å². The van der Waals surface area contributed by atoms with E-state index in [2.05, 4.69) is 55.4 Å². The SMILES string of the molecule is CCc1nc(-c2ccc(C(C)CC)cc2)cs1. The zero-order chi connectivity index (χ0) is 12.3. The third kappa shape index (κ3) is 2.75. The molecule has 0 radical (unpaired) electrons. The second-order valence-electron chi connectivity index (χ2n) is 4.41. The van der Waals surface area contributed by atoms with E-state index in [1.54, 1.807) is 11.3 Å². The van der Waals surface area contributed by atoms with E-state index in [1.807, 2.05) is 0 Å². The zero-order valence-electron chi connectivity index (χ0n) is 10.7. The highest BCUT2D eigenvalue weighted by Gasteiger charge is 2.05. The largest absolute Gasteiger partial charge is 0.241 e. The van der Waals surface area contributed by atoms with Gasteiger partial charge in [0.25, 0.3) is 0 Å². The van der Waals surface area contributed by atoms with Crippen molar-refractivity contribution >= 4 is 11.3 Å². The molecule has 0 bridgehead atoms. The Kier molecular flexibility index (Phi) is 3.95. The van der Waals surface area contributed by atoms with Gasteiger partial charge in [-0.3, -0.25) is 0 Å². The van der Waals surface area contributed by atoms with E-state index >= 15 is 0 Å². The highest BCUT2D eigenvalue weighted by atomic mass is 32.1. The predicted molar refractivity (Wildman–Crippen MR) is 75.6 cm³/mol. The first-order valence-electron chi connectivity index (χ1n) is 6.29. The smallest absolute Gasteiger partial charge is 0.0929 e. The third-order valence-electron chi connectivity index (χ3n) is 3.24. The van der Waals surface area contributed by atoms with Crippen LogP contribution in [0.3, 0.4) is 0 Å². The van der Waals surface area contributed by atoms with Crippen LogP contribution in [0.1, 0.15) is 43.7 Å². The molecule has 2 heteroatoms. The minimum Gasteiger partial charge on any atom is -0.241 e. The predicted octanol–water partition coefficient (Wildman–Crippen LogP) is 4.89. The van der Waals surface area contributed by atoms with Gasteiger partial charge in [-0.15, -0.1) is 11.3 Å². The molecule has 2 rings (SSSR count). The van der Waals surface area contributed by atoms with Crippen LogP contribution in [0.2, 0.25) is 0 Å². The van der Waals surface area contributed by atoms with E-state index in [-0.39, 0.29) is 0 Å². The van der Waals surface area contributed by atoms with Crippen LogP contribution < -0.4 is 0 Å². The van der Waals surface area contributed by atoms with Crippen LogP contribution in [-0.4, -0.2) is 4.98 Å². The molecule has 0 aliphatic heterocycles. The van der Waals surface area contributed by atoms with Gasteiger partial charge < -0.3 is 0 Å². The van der Waals surface area contributed by atoms with E-state index in [4.69, 9.17) is 0 Å². The summed E-state index contributed by atoms with van der Waals surface area (Å²) in [5.41, 5.74) is 3.76. The maximum Gasteiger partial charge on any atom is 0.0929 e. The van der Waals surface area contributed by atoms with Gasteiger partial charge in [-0.2, -0.15) is 0 Å². The van der Waals surface area contributed by atoms with Crippen molar-refractivity contribution in [3.8, 4) is 11.3 Å². The summed E-state index contributed by atoms with van der Waals surface area (Å²) in [6, 6.07) is 8.84. The number of nitrogens with zero attached hydrogens (tertiary/aromatic N) is 1. The van der Waals surface area contributed by atoms with E-state index in [0.29, 0.717) is 5.92 Å². The first-order valence-corrected chi connectivity index (χ1v) is 7.17. The van der Waals surface area contributed by atoms with Crippen LogP contribution in [0, 0.1) is 0 Å². The highest BCUT2D eigenvalue weighted by Crippen LogP contribution is 2.25. The number of aryl methyl sites for hydroxylation is 1. The summed E-state index contributed by atoms with van der Waals surface area (Å²) in [4.78, 5) is 4.61.